The fourth-order valence-corrected chi connectivity index (χ4v) is 4.85. The smallest absolute Gasteiger partial charge is 0.251 e. The highest BCUT2D eigenvalue weighted by Gasteiger charge is 2.36. The number of aryl methyl sites for hydroxylation is 2. The van der Waals surface area contributed by atoms with Gasteiger partial charge in [0.25, 0.3) is 5.56 Å². The first-order chi connectivity index (χ1) is 16.3. The molecule has 0 bridgehead atoms. The molecule has 0 aliphatic rings. The van der Waals surface area contributed by atoms with Crippen molar-refractivity contribution in [3.8, 4) is 11.1 Å². The van der Waals surface area contributed by atoms with Gasteiger partial charge in [-0.3, -0.25) is 4.79 Å². The van der Waals surface area contributed by atoms with Crippen LogP contribution in [-0.4, -0.2) is 19.1 Å². The summed E-state index contributed by atoms with van der Waals surface area (Å²) in [6.07, 6.45) is 3.49. The monoisotopic (exact) mass is 581 g/mol. The van der Waals surface area contributed by atoms with E-state index in [2.05, 4.69) is 27.6 Å². The van der Waals surface area contributed by atoms with Gasteiger partial charge in [-0.15, -0.1) is 0 Å². The molecule has 0 fully saturated rings. The lowest BCUT2D eigenvalue weighted by Gasteiger charge is -2.30. The summed E-state index contributed by atoms with van der Waals surface area (Å²) in [6, 6.07) is 20.9. The molecule has 0 radical (unpaired) electrons. The Bertz CT molecular complexity index is 1590. The van der Waals surface area contributed by atoms with Gasteiger partial charge in [0.2, 0.25) is 0 Å². The Morgan fingerprint density at radius 3 is 2.47 bits per heavy atom. The number of pyridine rings is 2. The molecule has 0 saturated heterocycles. The van der Waals surface area contributed by atoms with Gasteiger partial charge in [-0.25, -0.2) is 9.97 Å². The molecule has 3 aromatic heterocycles. The molecular weight excluding hydrogens is 561 g/mol. The molecule has 8 heteroatoms. The van der Waals surface area contributed by atoms with Gasteiger partial charge in [0, 0.05) is 34.3 Å². The van der Waals surface area contributed by atoms with Crippen molar-refractivity contribution in [1.29, 1.82) is 0 Å². The molecule has 34 heavy (non-hydrogen) atoms. The summed E-state index contributed by atoms with van der Waals surface area (Å²) in [5, 5.41) is 0.587. The van der Waals surface area contributed by atoms with Crippen molar-refractivity contribution in [3.63, 3.8) is 0 Å². The summed E-state index contributed by atoms with van der Waals surface area (Å²) >= 11 is 8.54. The van der Waals surface area contributed by atoms with Crippen LogP contribution in [0.25, 0.3) is 22.2 Å². The van der Waals surface area contributed by atoms with E-state index in [4.69, 9.17) is 22.3 Å². The van der Waals surface area contributed by atoms with E-state index in [-0.39, 0.29) is 5.56 Å². The van der Waals surface area contributed by atoms with Gasteiger partial charge in [0.15, 0.2) is 0 Å². The maximum atomic E-state index is 12.7. The van der Waals surface area contributed by atoms with E-state index in [1.54, 1.807) is 36.3 Å². The van der Waals surface area contributed by atoms with Crippen LogP contribution in [0.4, 0.5) is 0 Å². The lowest BCUT2D eigenvalue weighted by Crippen LogP contribution is -2.41. The zero-order chi connectivity index (χ0) is 24.0. The molecule has 0 spiro atoms. The maximum absolute atomic E-state index is 12.7. The fraction of sp³-hybridized carbons (Fsp3) is 0.115. The van der Waals surface area contributed by atoms with Gasteiger partial charge in [-0.2, -0.15) is 0 Å². The molecule has 5 aromatic rings. The quantitative estimate of drug-likeness (QED) is 0.308. The minimum atomic E-state index is -1.07. The Morgan fingerprint density at radius 1 is 1.03 bits per heavy atom. The lowest BCUT2D eigenvalue weighted by molar-refractivity contribution is 0.580. The van der Waals surface area contributed by atoms with Gasteiger partial charge in [0.05, 0.1) is 34.9 Å². The summed E-state index contributed by atoms with van der Waals surface area (Å²) in [4.78, 5) is 22.1. The summed E-state index contributed by atoms with van der Waals surface area (Å²) < 4.78 is 4.61. The van der Waals surface area contributed by atoms with Crippen LogP contribution >= 0.6 is 34.2 Å². The molecule has 5 rings (SSSR count). The number of imidazole rings is 1. The molecule has 2 aromatic carbocycles. The number of rotatable bonds is 4. The molecule has 2 N–H and O–H groups in total. The highest BCUT2D eigenvalue weighted by Crippen LogP contribution is 2.35. The number of fused-ring (bicyclic) bond motifs is 1. The van der Waals surface area contributed by atoms with Crippen LogP contribution in [0.5, 0.6) is 0 Å². The Balaban J connectivity index is 1.84. The summed E-state index contributed by atoms with van der Waals surface area (Å²) in [5.41, 5.74) is 11.3. The first-order valence-corrected chi connectivity index (χ1v) is 12.0. The third-order valence-corrected chi connectivity index (χ3v) is 7.10. The second-order valence-electron chi connectivity index (χ2n) is 8.23. The summed E-state index contributed by atoms with van der Waals surface area (Å²) in [6.45, 7) is 0. The van der Waals surface area contributed by atoms with E-state index in [9.17, 15) is 4.79 Å². The number of nitrogens with two attached hydrogens (primary N) is 1. The normalized spacial score (nSPS) is 13.2. The standard InChI is InChI=1S/C26H21ClIN5O/c1-32-15-30-14-23(32)26(29,17-6-8-19(28)9-7-17)22-11-10-21-25(31-22)20(13-24(34)33(21)2)16-4-3-5-18(27)12-16/h3-15H,29H2,1-2H3/t26-/m1/s1. The van der Waals surface area contributed by atoms with Crippen LogP contribution in [0.3, 0.4) is 0 Å². The summed E-state index contributed by atoms with van der Waals surface area (Å²) in [7, 11) is 3.66. The van der Waals surface area contributed by atoms with E-state index in [1.807, 2.05) is 66.2 Å². The largest absolute Gasteiger partial charge is 0.335 e. The molecule has 6 nitrogen and oxygen atoms in total. The minimum absolute atomic E-state index is 0.125. The SMILES string of the molecule is Cn1cncc1[C@@](N)(c1ccc(I)cc1)c1ccc2c(n1)c(-c1cccc(Cl)c1)cc(=O)n2C. The van der Waals surface area contributed by atoms with Gasteiger partial charge < -0.3 is 14.9 Å². The van der Waals surface area contributed by atoms with E-state index in [1.165, 1.54) is 0 Å². The average Bonchev–Trinajstić information content (AvgIpc) is 3.27. The first kappa shape index (κ1) is 22.8. The minimum Gasteiger partial charge on any atom is -0.335 e. The van der Waals surface area contributed by atoms with Gasteiger partial charge in [-0.1, -0.05) is 35.9 Å². The number of benzene rings is 2. The highest BCUT2D eigenvalue weighted by molar-refractivity contribution is 14.1. The average molecular weight is 582 g/mol. The van der Waals surface area contributed by atoms with Crippen LogP contribution in [0.1, 0.15) is 17.0 Å². The van der Waals surface area contributed by atoms with Crippen LogP contribution in [0, 0.1) is 3.57 Å². The van der Waals surface area contributed by atoms with Crippen LogP contribution in [-0.2, 0) is 19.6 Å². The predicted molar refractivity (Wildman–Crippen MR) is 144 cm³/mol. The van der Waals surface area contributed by atoms with Crippen molar-refractivity contribution in [2.24, 2.45) is 19.8 Å². The number of aromatic nitrogens is 4. The Morgan fingerprint density at radius 2 is 1.79 bits per heavy atom. The Labute approximate surface area is 215 Å². The molecule has 0 aliphatic carbocycles. The fourth-order valence-electron chi connectivity index (χ4n) is 4.30. The Kier molecular flexibility index (Phi) is 5.79. The summed E-state index contributed by atoms with van der Waals surface area (Å²) in [5.74, 6) is 0. The Hall–Kier alpha value is -3.01. The van der Waals surface area contributed by atoms with Gasteiger partial charge in [0.1, 0.15) is 5.54 Å². The number of hydrogen-bond acceptors (Lipinski definition) is 4. The van der Waals surface area contributed by atoms with E-state index < -0.39 is 5.54 Å². The second-order valence-corrected chi connectivity index (χ2v) is 9.92. The van der Waals surface area contributed by atoms with Crippen molar-refractivity contribution in [3.05, 3.63) is 115 Å². The third-order valence-electron chi connectivity index (χ3n) is 6.15. The molecule has 0 amide bonds. The number of nitrogens with zero attached hydrogens (tertiary/aromatic N) is 4. The van der Waals surface area contributed by atoms with Crippen LogP contribution in [0.2, 0.25) is 5.02 Å². The maximum Gasteiger partial charge on any atom is 0.251 e. The second kappa shape index (κ2) is 8.65. The zero-order valence-electron chi connectivity index (χ0n) is 18.5. The topological polar surface area (TPSA) is 78.7 Å². The first-order valence-electron chi connectivity index (χ1n) is 10.6. The van der Waals surface area contributed by atoms with Crippen molar-refractivity contribution in [1.82, 2.24) is 19.1 Å². The van der Waals surface area contributed by atoms with E-state index in [0.717, 1.165) is 20.4 Å². The van der Waals surface area contributed by atoms with E-state index >= 15 is 0 Å². The number of halogens is 2. The van der Waals surface area contributed by atoms with Crippen molar-refractivity contribution in [2.45, 2.75) is 5.54 Å². The van der Waals surface area contributed by atoms with Crippen molar-refractivity contribution < 1.29 is 0 Å². The van der Waals surface area contributed by atoms with Crippen LogP contribution in [0.15, 0.2) is 84.0 Å². The number of hydrogen-bond donors (Lipinski definition) is 1. The third kappa shape index (κ3) is 3.73. The molecule has 3 heterocycles. The highest BCUT2D eigenvalue weighted by atomic mass is 127. The predicted octanol–water partition coefficient (Wildman–Crippen LogP) is 4.84. The molecule has 170 valence electrons. The molecule has 0 unspecified atom stereocenters. The molecule has 0 aliphatic heterocycles. The van der Waals surface area contributed by atoms with Crippen molar-refractivity contribution >= 4 is 45.2 Å². The van der Waals surface area contributed by atoms with Gasteiger partial charge >= 0.3 is 0 Å². The van der Waals surface area contributed by atoms with Crippen molar-refractivity contribution in [2.75, 3.05) is 0 Å². The molecule has 0 saturated carbocycles. The zero-order valence-corrected chi connectivity index (χ0v) is 21.4. The van der Waals surface area contributed by atoms with Gasteiger partial charge in [-0.05, 0) is 70.1 Å². The lowest BCUT2D eigenvalue weighted by atomic mass is 9.84. The molecule has 1 atom stereocenters. The molecular formula is C26H21ClIN5O. The van der Waals surface area contributed by atoms with E-state index in [0.29, 0.717) is 27.3 Å². The van der Waals surface area contributed by atoms with Crippen LogP contribution < -0.4 is 11.3 Å².